The maximum Gasteiger partial charge on any atom is 0.354 e. The van der Waals surface area contributed by atoms with Crippen LogP contribution in [0.2, 0.25) is 0 Å². The second kappa shape index (κ2) is 4.30. The van der Waals surface area contributed by atoms with Crippen LogP contribution in [-0.2, 0) is 9.53 Å². The van der Waals surface area contributed by atoms with Gasteiger partial charge in [0.1, 0.15) is 11.5 Å². The molecule has 0 saturated carbocycles. The van der Waals surface area contributed by atoms with Crippen molar-refractivity contribution in [2.24, 2.45) is 0 Å². The summed E-state index contributed by atoms with van der Waals surface area (Å²) < 4.78 is 4.73. The van der Waals surface area contributed by atoms with Crippen molar-refractivity contribution in [1.29, 1.82) is 0 Å². The summed E-state index contributed by atoms with van der Waals surface area (Å²) in [5.74, 6) is 0.0412. The predicted octanol–water partition coefficient (Wildman–Crippen LogP) is 0.760. The highest BCUT2D eigenvalue weighted by Crippen LogP contribution is 2.07. The summed E-state index contributed by atoms with van der Waals surface area (Å²) >= 11 is 0. The van der Waals surface area contributed by atoms with Crippen LogP contribution in [0, 0.1) is 0 Å². The first kappa shape index (κ1) is 9.31. The molecule has 0 aliphatic rings. The van der Waals surface area contributed by atoms with Crippen molar-refractivity contribution in [2.75, 3.05) is 11.9 Å². The van der Waals surface area contributed by atoms with Gasteiger partial charge < -0.3 is 15.0 Å². The summed E-state index contributed by atoms with van der Waals surface area (Å²) in [5.41, 5.74) is 0.325. The summed E-state index contributed by atoms with van der Waals surface area (Å²) in [4.78, 5) is 23.8. The number of aromatic nitrogens is 1. The number of carbonyl (C=O) groups is 2. The molecule has 0 fully saturated rings. The van der Waals surface area contributed by atoms with E-state index in [2.05, 4.69) is 10.3 Å². The molecule has 0 atom stereocenters. The molecule has 0 unspecified atom stereocenters. The van der Waals surface area contributed by atoms with Gasteiger partial charge in [-0.25, -0.2) is 4.79 Å². The smallest absolute Gasteiger partial charge is 0.354 e. The zero-order chi connectivity index (χ0) is 9.68. The summed E-state index contributed by atoms with van der Waals surface area (Å²) in [6.45, 7) is 2.06. The minimum absolute atomic E-state index is 0.325. The van der Waals surface area contributed by atoms with E-state index in [0.717, 1.165) is 0 Å². The molecule has 1 aromatic heterocycles. The number of ether oxygens (including phenoxy) is 1. The Morgan fingerprint density at radius 3 is 3.08 bits per heavy atom. The Kier molecular flexibility index (Phi) is 3.08. The SMILES string of the molecule is CCOC(=O)c1ccc(NC=O)[nH]1. The highest BCUT2D eigenvalue weighted by molar-refractivity contribution is 5.88. The van der Waals surface area contributed by atoms with Crippen molar-refractivity contribution in [1.82, 2.24) is 4.98 Å². The number of H-pyrrole nitrogens is 1. The van der Waals surface area contributed by atoms with E-state index in [1.54, 1.807) is 19.1 Å². The highest BCUT2D eigenvalue weighted by Gasteiger charge is 2.07. The molecule has 5 heteroatoms. The lowest BCUT2D eigenvalue weighted by atomic mass is 10.4. The van der Waals surface area contributed by atoms with Gasteiger partial charge in [0.05, 0.1) is 6.61 Å². The minimum atomic E-state index is -0.429. The van der Waals surface area contributed by atoms with Crippen LogP contribution in [0.4, 0.5) is 5.82 Å². The summed E-state index contributed by atoms with van der Waals surface area (Å²) in [6.07, 6.45) is 0.529. The fourth-order valence-corrected chi connectivity index (χ4v) is 0.871. The van der Waals surface area contributed by atoms with E-state index in [1.165, 1.54) is 0 Å². The molecular weight excluding hydrogens is 172 g/mol. The maximum absolute atomic E-state index is 11.1. The number of esters is 1. The van der Waals surface area contributed by atoms with Crippen molar-refractivity contribution in [2.45, 2.75) is 6.92 Å². The molecule has 0 aromatic carbocycles. The highest BCUT2D eigenvalue weighted by atomic mass is 16.5. The molecule has 70 valence electrons. The van der Waals surface area contributed by atoms with Crippen molar-refractivity contribution >= 4 is 18.2 Å². The number of hydrogen-bond acceptors (Lipinski definition) is 3. The molecule has 0 spiro atoms. The van der Waals surface area contributed by atoms with Crippen molar-refractivity contribution in [3.8, 4) is 0 Å². The van der Waals surface area contributed by atoms with Crippen LogP contribution in [0.15, 0.2) is 12.1 Å². The lowest BCUT2D eigenvalue weighted by Gasteiger charge is -1.97. The van der Waals surface area contributed by atoms with Gasteiger partial charge >= 0.3 is 5.97 Å². The largest absolute Gasteiger partial charge is 0.461 e. The number of nitrogens with one attached hydrogen (secondary N) is 2. The first-order chi connectivity index (χ1) is 6.27. The molecule has 1 heterocycles. The van der Waals surface area contributed by atoms with Crippen LogP contribution in [0.25, 0.3) is 0 Å². The molecule has 0 saturated heterocycles. The maximum atomic E-state index is 11.1. The monoisotopic (exact) mass is 182 g/mol. The van der Waals surface area contributed by atoms with Gasteiger partial charge in [0.15, 0.2) is 0 Å². The number of hydrogen-bond donors (Lipinski definition) is 2. The fourth-order valence-electron chi connectivity index (χ4n) is 0.871. The van der Waals surface area contributed by atoms with Crippen LogP contribution in [-0.4, -0.2) is 24.0 Å². The van der Waals surface area contributed by atoms with Gasteiger partial charge in [-0.3, -0.25) is 4.79 Å². The van der Waals surface area contributed by atoms with E-state index in [0.29, 0.717) is 24.5 Å². The van der Waals surface area contributed by atoms with Gasteiger partial charge in [-0.1, -0.05) is 0 Å². The molecule has 2 N–H and O–H groups in total. The quantitative estimate of drug-likeness (QED) is 0.533. The van der Waals surface area contributed by atoms with Crippen LogP contribution >= 0.6 is 0 Å². The Morgan fingerprint density at radius 1 is 1.69 bits per heavy atom. The molecule has 1 amide bonds. The molecule has 0 aliphatic heterocycles. The first-order valence-electron chi connectivity index (χ1n) is 3.84. The Morgan fingerprint density at radius 2 is 2.46 bits per heavy atom. The third kappa shape index (κ3) is 2.33. The molecule has 1 rings (SSSR count). The molecule has 0 bridgehead atoms. The van der Waals surface area contributed by atoms with E-state index >= 15 is 0 Å². The molecule has 1 aromatic rings. The second-order valence-corrected chi connectivity index (χ2v) is 2.27. The number of anilines is 1. The summed E-state index contributed by atoms with van der Waals surface area (Å²) in [7, 11) is 0. The Labute approximate surface area is 75.1 Å². The van der Waals surface area contributed by atoms with E-state index in [4.69, 9.17) is 4.74 Å². The predicted molar refractivity (Wildman–Crippen MR) is 46.4 cm³/mol. The lowest BCUT2D eigenvalue weighted by Crippen LogP contribution is -2.05. The topological polar surface area (TPSA) is 71.2 Å². The molecule has 5 nitrogen and oxygen atoms in total. The zero-order valence-electron chi connectivity index (χ0n) is 7.16. The Bertz CT molecular complexity index is 306. The van der Waals surface area contributed by atoms with Crippen LogP contribution in [0.5, 0.6) is 0 Å². The van der Waals surface area contributed by atoms with Crippen LogP contribution < -0.4 is 5.32 Å². The lowest BCUT2D eigenvalue weighted by molar-refractivity contribution is -0.105. The molecule has 13 heavy (non-hydrogen) atoms. The van der Waals surface area contributed by atoms with E-state index < -0.39 is 5.97 Å². The van der Waals surface area contributed by atoms with E-state index in [1.807, 2.05) is 0 Å². The third-order valence-electron chi connectivity index (χ3n) is 1.40. The van der Waals surface area contributed by atoms with E-state index in [9.17, 15) is 9.59 Å². The average Bonchev–Trinajstić information content (AvgIpc) is 2.54. The van der Waals surface area contributed by atoms with E-state index in [-0.39, 0.29) is 0 Å². The average molecular weight is 182 g/mol. The molecule has 0 radical (unpaired) electrons. The number of carbonyl (C=O) groups excluding carboxylic acids is 2. The van der Waals surface area contributed by atoms with Gasteiger partial charge in [0.2, 0.25) is 6.41 Å². The normalized spacial score (nSPS) is 9.31. The van der Waals surface area contributed by atoms with Crippen molar-refractivity contribution < 1.29 is 14.3 Å². The van der Waals surface area contributed by atoms with Crippen LogP contribution in [0.3, 0.4) is 0 Å². The van der Waals surface area contributed by atoms with Gasteiger partial charge in [0, 0.05) is 0 Å². The Balaban J connectivity index is 2.67. The standard InChI is InChI=1S/C8H10N2O3/c1-2-13-8(12)6-3-4-7(10-6)9-5-11/h3-5,10H,2H2,1H3,(H,9,11). The summed E-state index contributed by atoms with van der Waals surface area (Å²) in [6, 6.07) is 3.13. The number of aromatic amines is 1. The van der Waals surface area contributed by atoms with Gasteiger partial charge in [0.25, 0.3) is 0 Å². The van der Waals surface area contributed by atoms with Crippen molar-refractivity contribution in [3.05, 3.63) is 17.8 Å². The van der Waals surface area contributed by atoms with Crippen LogP contribution in [0.1, 0.15) is 17.4 Å². The van der Waals surface area contributed by atoms with Gasteiger partial charge in [-0.2, -0.15) is 0 Å². The minimum Gasteiger partial charge on any atom is -0.461 e. The number of amides is 1. The first-order valence-corrected chi connectivity index (χ1v) is 3.84. The third-order valence-corrected chi connectivity index (χ3v) is 1.40. The molecular formula is C8H10N2O3. The molecule has 0 aliphatic carbocycles. The second-order valence-electron chi connectivity index (χ2n) is 2.27. The summed E-state index contributed by atoms with van der Waals surface area (Å²) in [5, 5.41) is 2.38. The zero-order valence-corrected chi connectivity index (χ0v) is 7.16. The van der Waals surface area contributed by atoms with Crippen molar-refractivity contribution in [3.63, 3.8) is 0 Å². The van der Waals surface area contributed by atoms with Gasteiger partial charge in [-0.15, -0.1) is 0 Å². The fraction of sp³-hybridized carbons (Fsp3) is 0.250. The van der Waals surface area contributed by atoms with Gasteiger partial charge in [-0.05, 0) is 19.1 Å². The Hall–Kier alpha value is -1.78. The number of rotatable bonds is 4.